The molecule has 1 aliphatic heterocycles. The van der Waals surface area contributed by atoms with Crippen molar-refractivity contribution < 1.29 is 14.4 Å². The van der Waals surface area contributed by atoms with Gasteiger partial charge in [-0.05, 0) is 18.2 Å². The second-order valence-electron chi connectivity index (χ2n) is 4.84. The summed E-state index contributed by atoms with van der Waals surface area (Å²) in [6.07, 6.45) is 0. The third-order valence-electron chi connectivity index (χ3n) is 3.57. The molecule has 2 aromatic carbocycles. The first-order chi connectivity index (χ1) is 10.7. The average molecular weight is 294 g/mol. The summed E-state index contributed by atoms with van der Waals surface area (Å²) in [6, 6.07) is 14.6. The van der Waals surface area contributed by atoms with E-state index in [0.717, 1.165) is 10.9 Å². The molecule has 108 valence electrons. The van der Waals surface area contributed by atoms with Crippen molar-refractivity contribution in [2.24, 2.45) is 0 Å². The Morgan fingerprint density at radius 1 is 1.00 bits per heavy atom. The van der Waals surface area contributed by atoms with E-state index in [1.54, 1.807) is 6.07 Å². The fourth-order valence-electron chi connectivity index (χ4n) is 2.54. The molecule has 6 heteroatoms. The number of benzene rings is 2. The number of aromatic nitrogens is 1. The van der Waals surface area contributed by atoms with Gasteiger partial charge in [0.25, 0.3) is 0 Å². The highest BCUT2D eigenvalue weighted by atomic mass is 16.7. The predicted octanol–water partition coefficient (Wildman–Crippen LogP) is 3.54. The fourth-order valence-corrected chi connectivity index (χ4v) is 2.54. The number of nitro benzene ring substituents is 1. The van der Waals surface area contributed by atoms with Crippen LogP contribution >= 0.6 is 0 Å². The molecule has 1 aliphatic rings. The van der Waals surface area contributed by atoms with Crippen LogP contribution in [0.1, 0.15) is 0 Å². The van der Waals surface area contributed by atoms with Gasteiger partial charge in [-0.1, -0.05) is 24.3 Å². The second-order valence-corrected chi connectivity index (χ2v) is 4.84. The predicted molar refractivity (Wildman–Crippen MR) is 80.0 cm³/mol. The molecule has 6 nitrogen and oxygen atoms in total. The van der Waals surface area contributed by atoms with Gasteiger partial charge in [0.05, 0.1) is 16.1 Å². The zero-order valence-corrected chi connectivity index (χ0v) is 11.4. The van der Waals surface area contributed by atoms with Crippen LogP contribution in [0.25, 0.3) is 22.2 Å². The van der Waals surface area contributed by atoms with E-state index in [1.165, 1.54) is 6.07 Å². The zero-order valence-electron chi connectivity index (χ0n) is 11.4. The van der Waals surface area contributed by atoms with Gasteiger partial charge in [0.2, 0.25) is 12.5 Å². The van der Waals surface area contributed by atoms with Crippen LogP contribution in [0.4, 0.5) is 5.69 Å². The van der Waals surface area contributed by atoms with Gasteiger partial charge in [-0.2, -0.15) is 0 Å². The Bertz CT molecular complexity index is 908. The number of pyridine rings is 1. The maximum Gasteiger partial charge on any atom is 0.315 e. The monoisotopic (exact) mass is 294 g/mol. The molecule has 22 heavy (non-hydrogen) atoms. The maximum absolute atomic E-state index is 11.0. The molecule has 0 spiro atoms. The Morgan fingerprint density at radius 3 is 2.68 bits per heavy atom. The van der Waals surface area contributed by atoms with Crippen molar-refractivity contribution in [3.05, 3.63) is 58.6 Å². The largest absolute Gasteiger partial charge is 0.453 e. The summed E-state index contributed by atoms with van der Waals surface area (Å²) in [7, 11) is 0. The Labute approximate surface area is 125 Å². The molecule has 0 radical (unpaired) electrons. The normalized spacial score (nSPS) is 12.5. The Kier molecular flexibility index (Phi) is 2.69. The van der Waals surface area contributed by atoms with E-state index < -0.39 is 4.92 Å². The summed E-state index contributed by atoms with van der Waals surface area (Å²) >= 11 is 0. The number of hydrogen-bond donors (Lipinski definition) is 0. The molecular formula is C16H10N2O4. The smallest absolute Gasteiger partial charge is 0.315 e. The van der Waals surface area contributed by atoms with Crippen LogP contribution in [0.15, 0.2) is 48.5 Å². The molecule has 0 fully saturated rings. The highest BCUT2D eigenvalue weighted by Crippen LogP contribution is 2.46. The minimum absolute atomic E-state index is 0.0270. The third kappa shape index (κ3) is 1.85. The Balaban J connectivity index is 1.92. The zero-order chi connectivity index (χ0) is 15.1. The fraction of sp³-hybridized carbons (Fsp3) is 0.0625. The summed E-state index contributed by atoms with van der Waals surface area (Å²) in [5.41, 5.74) is 2.13. The number of fused-ring (bicyclic) bond motifs is 2. The lowest BCUT2D eigenvalue weighted by atomic mass is 10.1. The van der Waals surface area contributed by atoms with Crippen LogP contribution < -0.4 is 9.47 Å². The second kappa shape index (κ2) is 4.70. The van der Waals surface area contributed by atoms with Crippen LogP contribution in [0.2, 0.25) is 0 Å². The summed E-state index contributed by atoms with van der Waals surface area (Å²) < 4.78 is 10.7. The molecule has 0 aliphatic carbocycles. The first-order valence-corrected chi connectivity index (χ1v) is 6.67. The van der Waals surface area contributed by atoms with Gasteiger partial charge in [-0.3, -0.25) is 10.1 Å². The van der Waals surface area contributed by atoms with Crippen LogP contribution in [0, 0.1) is 10.1 Å². The number of nitro groups is 1. The van der Waals surface area contributed by atoms with Gasteiger partial charge in [-0.15, -0.1) is 0 Å². The van der Waals surface area contributed by atoms with Crippen molar-refractivity contribution in [1.29, 1.82) is 0 Å². The standard InChI is InChI=1S/C16H10N2O4/c19-18(20)14-8-6-11(15-16(14)22-9-21-15)13-7-5-10-3-1-2-4-12(10)17-13/h1-8H,9H2. The molecule has 0 N–H and O–H groups in total. The molecule has 0 saturated heterocycles. The Morgan fingerprint density at radius 2 is 1.82 bits per heavy atom. The molecule has 0 unspecified atom stereocenters. The molecular weight excluding hydrogens is 284 g/mol. The van der Waals surface area contributed by atoms with Crippen LogP contribution in [-0.4, -0.2) is 16.7 Å². The summed E-state index contributed by atoms with van der Waals surface area (Å²) in [5.74, 6) is 0.537. The van der Waals surface area contributed by atoms with Gasteiger partial charge >= 0.3 is 5.69 Å². The van der Waals surface area contributed by atoms with Gasteiger partial charge in [0.15, 0.2) is 5.75 Å². The number of ether oxygens (including phenoxy) is 2. The SMILES string of the molecule is O=[N+]([O-])c1ccc(-c2ccc3ccccc3n2)c2c1OCO2. The van der Waals surface area contributed by atoms with Crippen molar-refractivity contribution in [2.75, 3.05) is 6.79 Å². The minimum atomic E-state index is -0.481. The maximum atomic E-state index is 11.0. The lowest BCUT2D eigenvalue weighted by Gasteiger charge is -2.07. The molecule has 1 aromatic heterocycles. The summed E-state index contributed by atoms with van der Waals surface area (Å²) in [4.78, 5) is 15.1. The van der Waals surface area contributed by atoms with Gasteiger partial charge in [-0.25, -0.2) is 4.98 Å². The average Bonchev–Trinajstić information content (AvgIpc) is 3.02. The van der Waals surface area contributed by atoms with Gasteiger partial charge in [0, 0.05) is 17.0 Å². The van der Waals surface area contributed by atoms with Crippen LogP contribution in [0.3, 0.4) is 0 Å². The molecule has 0 amide bonds. The van der Waals surface area contributed by atoms with E-state index in [1.807, 2.05) is 36.4 Å². The van der Waals surface area contributed by atoms with E-state index in [2.05, 4.69) is 4.98 Å². The number of rotatable bonds is 2. The topological polar surface area (TPSA) is 74.5 Å². The van der Waals surface area contributed by atoms with Crippen LogP contribution in [-0.2, 0) is 0 Å². The Hall–Kier alpha value is -3.15. The molecule has 0 saturated carbocycles. The van der Waals surface area contributed by atoms with E-state index in [-0.39, 0.29) is 18.2 Å². The highest BCUT2D eigenvalue weighted by molar-refractivity contribution is 5.84. The van der Waals surface area contributed by atoms with Crippen molar-refractivity contribution in [2.45, 2.75) is 0 Å². The summed E-state index contributed by atoms with van der Waals surface area (Å²) in [6.45, 7) is -0.0270. The molecule has 0 bridgehead atoms. The van der Waals surface area contributed by atoms with Crippen molar-refractivity contribution >= 4 is 16.6 Å². The number of para-hydroxylation sites is 1. The van der Waals surface area contributed by atoms with E-state index >= 15 is 0 Å². The van der Waals surface area contributed by atoms with E-state index in [0.29, 0.717) is 17.0 Å². The van der Waals surface area contributed by atoms with Crippen LogP contribution in [0.5, 0.6) is 11.5 Å². The van der Waals surface area contributed by atoms with Crippen molar-refractivity contribution in [3.63, 3.8) is 0 Å². The number of nitrogens with zero attached hydrogens (tertiary/aromatic N) is 2. The highest BCUT2D eigenvalue weighted by Gasteiger charge is 2.29. The van der Waals surface area contributed by atoms with Gasteiger partial charge in [0.1, 0.15) is 0 Å². The molecule has 4 rings (SSSR count). The first-order valence-electron chi connectivity index (χ1n) is 6.67. The third-order valence-corrected chi connectivity index (χ3v) is 3.57. The van der Waals surface area contributed by atoms with E-state index in [9.17, 15) is 10.1 Å². The molecule has 2 heterocycles. The minimum Gasteiger partial charge on any atom is -0.453 e. The lowest BCUT2D eigenvalue weighted by Crippen LogP contribution is -1.94. The number of hydrogen-bond acceptors (Lipinski definition) is 5. The van der Waals surface area contributed by atoms with Gasteiger partial charge < -0.3 is 9.47 Å². The molecule has 0 atom stereocenters. The van der Waals surface area contributed by atoms with Crippen molar-refractivity contribution in [1.82, 2.24) is 4.98 Å². The molecule has 3 aromatic rings. The van der Waals surface area contributed by atoms with E-state index in [4.69, 9.17) is 9.47 Å². The quantitative estimate of drug-likeness (QED) is 0.534. The van der Waals surface area contributed by atoms with Crippen molar-refractivity contribution in [3.8, 4) is 22.8 Å². The first kappa shape index (κ1) is 12.6. The summed E-state index contributed by atoms with van der Waals surface area (Å²) in [5, 5.41) is 12.1. The lowest BCUT2D eigenvalue weighted by molar-refractivity contribution is -0.385.